The molecule has 0 rings (SSSR count). The summed E-state index contributed by atoms with van der Waals surface area (Å²) >= 11 is 0. The smallest absolute Gasteiger partial charge is 0.460 e. The Morgan fingerprint density at radius 2 is 1.73 bits per heavy atom. The molecule has 0 atom stereocenters. The number of aliphatic hydroxyl groups excluding tert-OH is 1. The van der Waals surface area contributed by atoms with Crippen LogP contribution in [0.25, 0.3) is 0 Å². The molecular formula is C6H13CeO7P. The Balaban J connectivity index is -0.000000208. The Morgan fingerprint density at radius 3 is 1.93 bits per heavy atom. The zero-order valence-corrected chi connectivity index (χ0v) is 12.1. The summed E-state index contributed by atoms with van der Waals surface area (Å²) in [5.74, 6) is -0.455. The molecule has 15 heavy (non-hydrogen) atoms. The molecule has 0 heterocycles. The Kier molecular flexibility index (Phi) is 15.6. The normalized spacial score (nSPS) is 9.13. The molecule has 0 aromatic heterocycles. The second-order valence-electron chi connectivity index (χ2n) is 2.15. The van der Waals surface area contributed by atoms with Gasteiger partial charge in [-0.05, 0) is 6.92 Å². The molecule has 0 aromatic rings. The van der Waals surface area contributed by atoms with E-state index in [-0.39, 0.29) is 55.0 Å². The van der Waals surface area contributed by atoms with E-state index in [1.165, 1.54) is 0 Å². The maximum Gasteiger partial charge on any atom is 0.466 e. The summed E-state index contributed by atoms with van der Waals surface area (Å²) < 4.78 is 13.3. The van der Waals surface area contributed by atoms with E-state index >= 15 is 0 Å². The fourth-order valence-corrected chi connectivity index (χ4v) is 0.262. The van der Waals surface area contributed by atoms with Crippen molar-refractivity contribution in [1.29, 1.82) is 0 Å². The van der Waals surface area contributed by atoms with Crippen LogP contribution in [0.3, 0.4) is 0 Å². The minimum atomic E-state index is -4.64. The van der Waals surface area contributed by atoms with Crippen molar-refractivity contribution in [2.75, 3.05) is 13.2 Å². The van der Waals surface area contributed by atoms with Gasteiger partial charge in [0.2, 0.25) is 0 Å². The molecule has 0 aliphatic heterocycles. The summed E-state index contributed by atoms with van der Waals surface area (Å²) in [6.07, 6.45) is 0. The van der Waals surface area contributed by atoms with Crippen molar-refractivity contribution >= 4 is 13.8 Å². The van der Waals surface area contributed by atoms with Crippen LogP contribution in [-0.4, -0.2) is 39.0 Å². The first-order valence-electron chi connectivity index (χ1n) is 3.40. The molecule has 0 saturated heterocycles. The van der Waals surface area contributed by atoms with E-state index in [0.717, 1.165) is 0 Å². The predicted molar refractivity (Wildman–Crippen MR) is 47.1 cm³/mol. The van der Waals surface area contributed by atoms with Crippen LogP contribution in [0.4, 0.5) is 0 Å². The number of rotatable bonds is 3. The summed E-state index contributed by atoms with van der Waals surface area (Å²) in [6, 6.07) is 0. The van der Waals surface area contributed by atoms with Crippen LogP contribution in [0.5, 0.6) is 0 Å². The van der Waals surface area contributed by atoms with Crippen molar-refractivity contribution in [1.82, 2.24) is 0 Å². The third-order valence-electron chi connectivity index (χ3n) is 0.673. The molecule has 0 radical (unpaired) electrons. The van der Waals surface area contributed by atoms with Crippen molar-refractivity contribution in [2.24, 2.45) is 0 Å². The minimum Gasteiger partial charge on any atom is -0.460 e. The third kappa shape index (κ3) is 31.3. The van der Waals surface area contributed by atoms with Crippen molar-refractivity contribution < 1.29 is 75.6 Å². The fraction of sp³-hybridized carbons (Fsp3) is 0.500. The summed E-state index contributed by atoms with van der Waals surface area (Å²) in [6.45, 7) is 4.81. The molecule has 0 spiro atoms. The topological polar surface area (TPSA) is 124 Å². The first kappa shape index (κ1) is 21.0. The summed E-state index contributed by atoms with van der Waals surface area (Å²) in [7, 11) is -4.64. The van der Waals surface area contributed by atoms with E-state index in [2.05, 4.69) is 11.3 Å². The quantitative estimate of drug-likeness (QED) is 0.291. The van der Waals surface area contributed by atoms with Crippen molar-refractivity contribution in [2.45, 2.75) is 6.92 Å². The number of ether oxygens (including phenoxy) is 1. The van der Waals surface area contributed by atoms with Gasteiger partial charge in [0.25, 0.3) is 0 Å². The van der Waals surface area contributed by atoms with Crippen molar-refractivity contribution in [3.63, 3.8) is 0 Å². The second-order valence-corrected chi connectivity index (χ2v) is 3.18. The molecule has 88 valence electrons. The number of hydrogen-bond donors (Lipinski definition) is 4. The Bertz CT molecular complexity index is 227. The van der Waals surface area contributed by atoms with Gasteiger partial charge in [0.05, 0.1) is 6.61 Å². The average Bonchev–Trinajstić information content (AvgIpc) is 1.96. The molecule has 0 saturated carbocycles. The SMILES string of the molecule is C=C(C)C(=O)OCCO.O=P(O)(O)O.[Ce]. The van der Waals surface area contributed by atoms with Crippen LogP contribution in [0.2, 0.25) is 0 Å². The maximum absolute atomic E-state index is 10.5. The molecule has 7 nitrogen and oxygen atoms in total. The van der Waals surface area contributed by atoms with Crippen LogP contribution >= 0.6 is 7.82 Å². The summed E-state index contributed by atoms with van der Waals surface area (Å²) in [5.41, 5.74) is 0.350. The van der Waals surface area contributed by atoms with Gasteiger partial charge < -0.3 is 24.5 Å². The number of carbonyl (C=O) groups is 1. The van der Waals surface area contributed by atoms with E-state index in [9.17, 15) is 4.79 Å². The van der Waals surface area contributed by atoms with Gasteiger partial charge >= 0.3 is 13.8 Å². The van der Waals surface area contributed by atoms with Crippen molar-refractivity contribution in [3.05, 3.63) is 12.2 Å². The van der Waals surface area contributed by atoms with Gasteiger partial charge in [-0.1, -0.05) is 6.58 Å². The zero-order valence-electron chi connectivity index (χ0n) is 8.08. The van der Waals surface area contributed by atoms with E-state index in [4.69, 9.17) is 24.4 Å². The monoisotopic (exact) mass is 368 g/mol. The summed E-state index contributed by atoms with van der Waals surface area (Å²) in [5, 5.41) is 8.19. The van der Waals surface area contributed by atoms with Crippen LogP contribution in [0, 0.1) is 41.7 Å². The van der Waals surface area contributed by atoms with Crippen LogP contribution in [0.15, 0.2) is 12.2 Å². The number of esters is 1. The zero-order chi connectivity index (χ0) is 11.8. The second kappa shape index (κ2) is 11.2. The summed E-state index contributed by atoms with van der Waals surface area (Å²) in [4.78, 5) is 32.0. The third-order valence-corrected chi connectivity index (χ3v) is 0.673. The molecule has 9 heteroatoms. The predicted octanol–water partition coefficient (Wildman–Crippen LogP) is -0.831. The van der Waals surface area contributed by atoms with Gasteiger partial charge in [0, 0.05) is 47.3 Å². The van der Waals surface area contributed by atoms with Gasteiger partial charge in [0.15, 0.2) is 0 Å². The molecule has 0 unspecified atom stereocenters. The molecule has 0 aliphatic rings. The molecule has 0 aromatic carbocycles. The van der Waals surface area contributed by atoms with Crippen molar-refractivity contribution in [3.8, 4) is 0 Å². The fourth-order valence-electron chi connectivity index (χ4n) is 0.262. The van der Waals surface area contributed by atoms with Gasteiger partial charge in [-0.2, -0.15) is 0 Å². The van der Waals surface area contributed by atoms with Crippen LogP contribution in [-0.2, 0) is 14.1 Å². The number of aliphatic hydroxyl groups is 1. The Hall–Kier alpha value is 0.657. The molecule has 0 amide bonds. The first-order valence-corrected chi connectivity index (χ1v) is 4.96. The molecule has 0 fully saturated rings. The molecular weight excluding hydrogens is 355 g/mol. The van der Waals surface area contributed by atoms with E-state index in [0.29, 0.717) is 5.57 Å². The average molecular weight is 368 g/mol. The number of phosphoric acid groups is 1. The standard InChI is InChI=1S/C6H10O3.Ce.H3O4P/c1-5(2)6(8)9-4-3-7;;1-5(2,3)4/h7H,1,3-4H2,2H3;;(H3,1,2,3,4). The largest absolute Gasteiger partial charge is 0.466 e. The van der Waals surface area contributed by atoms with Crippen LogP contribution < -0.4 is 0 Å². The number of hydrogen-bond acceptors (Lipinski definition) is 4. The van der Waals surface area contributed by atoms with Gasteiger partial charge in [-0.25, -0.2) is 9.36 Å². The van der Waals surface area contributed by atoms with Gasteiger partial charge in [-0.15, -0.1) is 0 Å². The first-order chi connectivity index (χ1) is 6.18. The van der Waals surface area contributed by atoms with E-state index in [1.807, 2.05) is 0 Å². The van der Waals surface area contributed by atoms with E-state index < -0.39 is 13.8 Å². The molecule has 4 N–H and O–H groups in total. The van der Waals surface area contributed by atoms with Gasteiger partial charge in [0.1, 0.15) is 6.61 Å². The minimum absolute atomic E-state index is 0. The number of carbonyl (C=O) groups excluding carboxylic acids is 1. The van der Waals surface area contributed by atoms with Gasteiger partial charge in [-0.3, -0.25) is 0 Å². The molecule has 0 aliphatic carbocycles. The molecule has 0 bridgehead atoms. The van der Waals surface area contributed by atoms with E-state index in [1.54, 1.807) is 6.92 Å². The maximum atomic E-state index is 10.5. The Labute approximate surface area is 121 Å². The van der Waals surface area contributed by atoms with Crippen LogP contribution in [0.1, 0.15) is 6.92 Å². The Morgan fingerprint density at radius 1 is 1.40 bits per heavy atom.